The number of furan rings is 1. The Morgan fingerprint density at radius 3 is 2.20 bits per heavy atom. The quantitative estimate of drug-likeness (QED) is 0.192. The highest BCUT2D eigenvalue weighted by atomic mass is 16.5. The molecule has 3 heterocycles. The largest absolute Gasteiger partial charge is 0.454 e. The fourth-order valence-electron chi connectivity index (χ4n) is 7.96. The molecule has 51 heavy (non-hydrogen) atoms. The Labute approximate surface area is 295 Å². The number of benzene rings is 8. The van der Waals surface area contributed by atoms with Crippen molar-refractivity contribution in [3.05, 3.63) is 164 Å². The van der Waals surface area contributed by atoms with Gasteiger partial charge in [0.15, 0.2) is 24.4 Å². The number of para-hydroxylation sites is 4. The second-order valence-electron chi connectivity index (χ2n) is 13.2. The average Bonchev–Trinajstić information content (AvgIpc) is 3.56. The molecule has 2 aliphatic rings. The van der Waals surface area contributed by atoms with Gasteiger partial charge in [0.05, 0.1) is 17.1 Å². The number of hydrogen-bond donors (Lipinski definition) is 1. The number of anilines is 5. The number of fused-ring (bicyclic) bond motifs is 9. The van der Waals surface area contributed by atoms with Gasteiger partial charge < -0.3 is 19.4 Å². The Bertz CT molecular complexity index is 2840. The van der Waals surface area contributed by atoms with E-state index in [4.69, 9.17) is 9.15 Å². The molecule has 0 fully saturated rings. The number of nitrogens with zero attached hydrogens (tertiary/aromatic N) is 1. The Morgan fingerprint density at radius 2 is 1.29 bits per heavy atom. The van der Waals surface area contributed by atoms with Gasteiger partial charge in [-0.2, -0.15) is 0 Å². The molecule has 0 aliphatic carbocycles. The Kier molecular flexibility index (Phi) is 6.01. The van der Waals surface area contributed by atoms with E-state index >= 15 is 0 Å². The van der Waals surface area contributed by atoms with Crippen LogP contribution in [-0.4, -0.2) is 7.28 Å². The lowest BCUT2D eigenvalue weighted by Crippen LogP contribution is -2.42. The third-order valence-electron chi connectivity index (χ3n) is 10.3. The summed E-state index contributed by atoms with van der Waals surface area (Å²) in [7, 11) is 2.31. The molecule has 1 N–H and O–H groups in total. The van der Waals surface area contributed by atoms with Crippen molar-refractivity contribution in [1.82, 2.24) is 0 Å². The molecular weight excluding hydrogens is 623 g/mol. The highest BCUT2D eigenvalue weighted by molar-refractivity contribution is 6.74. The van der Waals surface area contributed by atoms with Crippen LogP contribution in [0.15, 0.2) is 168 Å². The van der Waals surface area contributed by atoms with Gasteiger partial charge in [0.1, 0.15) is 5.58 Å². The van der Waals surface area contributed by atoms with Gasteiger partial charge in [-0.15, -0.1) is 0 Å². The van der Waals surface area contributed by atoms with Crippen molar-refractivity contribution in [3.63, 3.8) is 0 Å². The van der Waals surface area contributed by atoms with Crippen molar-refractivity contribution < 1.29 is 9.15 Å². The normalized spacial score (nSPS) is 12.6. The van der Waals surface area contributed by atoms with Crippen molar-refractivity contribution in [2.75, 3.05) is 10.2 Å². The predicted molar refractivity (Wildman–Crippen MR) is 212 cm³/mol. The van der Waals surface area contributed by atoms with Crippen molar-refractivity contribution in [2.24, 2.45) is 0 Å². The van der Waals surface area contributed by atoms with Gasteiger partial charge in [-0.25, -0.2) is 0 Å². The van der Waals surface area contributed by atoms with Crippen LogP contribution in [0.1, 0.15) is 0 Å². The van der Waals surface area contributed by atoms with Crippen LogP contribution in [0.3, 0.4) is 0 Å². The lowest BCUT2D eigenvalue weighted by molar-refractivity contribution is 0.477. The number of hydrogen-bond acceptors (Lipinski definition) is 4. The van der Waals surface area contributed by atoms with Crippen molar-refractivity contribution in [2.45, 2.75) is 0 Å². The number of rotatable bonds is 4. The maximum atomic E-state index is 6.81. The molecule has 0 atom stereocenters. The molecule has 237 valence electrons. The molecule has 4 nitrogen and oxygen atoms in total. The molecular formula is C46H28BN2O2. The highest BCUT2D eigenvalue weighted by Gasteiger charge is 2.37. The minimum Gasteiger partial charge on any atom is -0.454 e. The van der Waals surface area contributed by atoms with Crippen LogP contribution in [0, 0.1) is 0 Å². The smallest absolute Gasteiger partial charge is 0.198 e. The minimum atomic E-state index is 0.816. The Morgan fingerprint density at radius 1 is 0.549 bits per heavy atom. The van der Waals surface area contributed by atoms with E-state index < -0.39 is 0 Å². The van der Waals surface area contributed by atoms with Gasteiger partial charge in [0.2, 0.25) is 0 Å². The lowest BCUT2D eigenvalue weighted by atomic mass is 9.57. The summed E-state index contributed by atoms with van der Waals surface area (Å²) in [5, 5.41) is 8.35. The van der Waals surface area contributed by atoms with E-state index in [0.29, 0.717) is 0 Å². The molecule has 8 aromatic carbocycles. The zero-order valence-corrected chi connectivity index (χ0v) is 27.4. The van der Waals surface area contributed by atoms with Crippen molar-refractivity contribution >= 4 is 79.4 Å². The summed E-state index contributed by atoms with van der Waals surface area (Å²) < 4.78 is 13.3. The maximum absolute atomic E-state index is 6.81. The summed E-state index contributed by atoms with van der Waals surface area (Å²) in [5.41, 5.74) is 13.7. The molecule has 0 bridgehead atoms. The molecule has 2 aliphatic heterocycles. The fraction of sp³-hybridized carbons (Fsp3) is 0. The highest BCUT2D eigenvalue weighted by Crippen LogP contribution is 2.53. The van der Waals surface area contributed by atoms with E-state index in [0.717, 1.165) is 83.9 Å². The van der Waals surface area contributed by atoms with E-state index in [-0.39, 0.29) is 0 Å². The van der Waals surface area contributed by atoms with Crippen LogP contribution < -0.4 is 25.9 Å². The molecule has 1 radical (unpaired) electrons. The van der Waals surface area contributed by atoms with Gasteiger partial charge in [0.25, 0.3) is 0 Å². The first-order chi connectivity index (χ1) is 25.3. The number of nitrogens with one attached hydrogen (secondary N) is 1. The van der Waals surface area contributed by atoms with E-state index in [1.807, 2.05) is 18.2 Å². The van der Waals surface area contributed by atoms with Crippen LogP contribution in [0.4, 0.5) is 28.4 Å². The van der Waals surface area contributed by atoms with Crippen molar-refractivity contribution in [3.8, 4) is 33.8 Å². The predicted octanol–water partition coefficient (Wildman–Crippen LogP) is 11.4. The van der Waals surface area contributed by atoms with Gasteiger partial charge >= 0.3 is 0 Å². The third-order valence-corrected chi connectivity index (χ3v) is 10.3. The minimum absolute atomic E-state index is 0.816. The lowest BCUT2D eigenvalue weighted by Gasteiger charge is -2.39. The summed E-state index contributed by atoms with van der Waals surface area (Å²) in [4.78, 5) is 2.35. The zero-order chi connectivity index (χ0) is 33.5. The molecule has 5 heteroatoms. The molecule has 0 spiro atoms. The van der Waals surface area contributed by atoms with Crippen LogP contribution in [0.2, 0.25) is 0 Å². The molecule has 0 saturated heterocycles. The van der Waals surface area contributed by atoms with Gasteiger partial charge in [0, 0.05) is 27.7 Å². The SMILES string of the molecule is [B]1c2cccc3c2N(c2ccccc2O3)c2c1c(-c1c(Nc3ccc(-c4ccccc4)cc3)ccc3ccccc13)cc1c2oc2ccccc21. The maximum Gasteiger partial charge on any atom is 0.198 e. The fourth-order valence-corrected chi connectivity index (χ4v) is 7.96. The standard InChI is InChI=1S/C46H28BN2O2/c1-2-11-28(12-3-1)29-21-24-31(25-22-29)48-37-26-23-30-13-4-5-14-32(30)42(37)35-27-34-33-15-6-8-18-39(33)51-46(34)45-43(35)47-36-16-10-20-41-44(36)49(45)38-17-7-9-19-40(38)50-41/h1-27,48H. The van der Waals surface area contributed by atoms with Crippen LogP contribution in [0.5, 0.6) is 11.5 Å². The van der Waals surface area contributed by atoms with Gasteiger partial charge in [-0.1, -0.05) is 121 Å². The summed E-state index contributed by atoms with van der Waals surface area (Å²) >= 11 is 0. The van der Waals surface area contributed by atoms with E-state index in [9.17, 15) is 0 Å². The van der Waals surface area contributed by atoms with Crippen LogP contribution in [0.25, 0.3) is 55.0 Å². The third kappa shape index (κ3) is 4.28. The molecule has 1 aromatic heterocycles. The first kappa shape index (κ1) is 28.2. The summed E-state index contributed by atoms with van der Waals surface area (Å²) in [5.74, 6) is 1.64. The van der Waals surface area contributed by atoms with E-state index in [1.54, 1.807) is 0 Å². The molecule has 0 saturated carbocycles. The monoisotopic (exact) mass is 651 g/mol. The second kappa shape index (κ2) is 10.9. The molecule has 0 amide bonds. The van der Waals surface area contributed by atoms with E-state index in [2.05, 4.69) is 163 Å². The average molecular weight is 652 g/mol. The molecule has 11 rings (SSSR count). The first-order valence-electron chi connectivity index (χ1n) is 17.3. The van der Waals surface area contributed by atoms with E-state index in [1.165, 1.54) is 21.9 Å². The van der Waals surface area contributed by atoms with Crippen LogP contribution >= 0.6 is 0 Å². The number of ether oxygens (including phenoxy) is 1. The van der Waals surface area contributed by atoms with Crippen LogP contribution in [-0.2, 0) is 0 Å². The van der Waals surface area contributed by atoms with Crippen molar-refractivity contribution in [1.29, 1.82) is 0 Å². The van der Waals surface area contributed by atoms with Gasteiger partial charge in [-0.05, 0) is 81.5 Å². The summed E-state index contributed by atoms with van der Waals surface area (Å²) in [6, 6.07) is 57.5. The zero-order valence-electron chi connectivity index (χ0n) is 27.4. The topological polar surface area (TPSA) is 37.6 Å². The van der Waals surface area contributed by atoms with Gasteiger partial charge in [-0.3, -0.25) is 0 Å². The summed E-state index contributed by atoms with van der Waals surface area (Å²) in [6.45, 7) is 0. The second-order valence-corrected chi connectivity index (χ2v) is 13.2. The summed E-state index contributed by atoms with van der Waals surface area (Å²) in [6.07, 6.45) is 0. The Hall–Kier alpha value is -6.72. The molecule has 0 unspecified atom stereocenters. The molecule has 9 aromatic rings. The first-order valence-corrected chi connectivity index (χ1v) is 17.3. The Balaban J connectivity index is 1.19.